The fourth-order valence-electron chi connectivity index (χ4n) is 1.93. The van der Waals surface area contributed by atoms with Crippen molar-refractivity contribution in [1.82, 2.24) is 9.55 Å². The molecule has 1 aromatic heterocycles. The van der Waals surface area contributed by atoms with Gasteiger partial charge in [0, 0.05) is 12.6 Å². The molecule has 3 nitrogen and oxygen atoms in total. The van der Waals surface area contributed by atoms with E-state index in [1.807, 2.05) is 6.33 Å². The number of rotatable bonds is 3. The highest BCUT2D eigenvalue weighted by Gasteiger charge is 2.11. The van der Waals surface area contributed by atoms with E-state index in [-0.39, 0.29) is 6.04 Å². The second-order valence-corrected chi connectivity index (χ2v) is 4.55. The monoisotopic (exact) mass is 217 g/mol. The summed E-state index contributed by atoms with van der Waals surface area (Å²) in [5, 5.41) is 0. The van der Waals surface area contributed by atoms with E-state index in [4.69, 9.17) is 5.73 Å². The van der Waals surface area contributed by atoms with Crippen LogP contribution in [0.2, 0.25) is 0 Å². The molecule has 0 aliphatic rings. The van der Waals surface area contributed by atoms with Gasteiger partial charge in [0.2, 0.25) is 0 Å². The first-order chi connectivity index (χ1) is 7.63. The summed E-state index contributed by atoms with van der Waals surface area (Å²) in [7, 11) is 0. The lowest BCUT2D eigenvalue weighted by Crippen LogP contribution is -2.16. The molecule has 86 valence electrons. The second kappa shape index (κ2) is 4.26. The first-order valence-electron chi connectivity index (χ1n) is 5.84. The lowest BCUT2D eigenvalue weighted by molar-refractivity contribution is 0.514. The number of aryl methyl sites for hydroxylation is 1. The smallest absolute Gasteiger partial charge is 0.0958 e. The summed E-state index contributed by atoms with van der Waals surface area (Å²) in [6.45, 7) is 7.35. The molecule has 0 saturated carbocycles. The fourth-order valence-corrected chi connectivity index (χ4v) is 1.93. The predicted molar refractivity (Wildman–Crippen MR) is 67.2 cm³/mol. The Balaban J connectivity index is 2.45. The van der Waals surface area contributed by atoms with Gasteiger partial charge in [0.05, 0.1) is 17.4 Å². The average Bonchev–Trinajstić information content (AvgIpc) is 2.69. The van der Waals surface area contributed by atoms with Gasteiger partial charge in [0.15, 0.2) is 0 Å². The van der Waals surface area contributed by atoms with Crippen LogP contribution in [-0.4, -0.2) is 9.55 Å². The number of fused-ring (bicyclic) bond motifs is 1. The molecule has 0 saturated heterocycles. The van der Waals surface area contributed by atoms with Gasteiger partial charge in [0.1, 0.15) is 0 Å². The van der Waals surface area contributed by atoms with Crippen LogP contribution >= 0.6 is 0 Å². The third kappa shape index (κ3) is 1.83. The van der Waals surface area contributed by atoms with Crippen LogP contribution in [0.3, 0.4) is 0 Å². The zero-order valence-corrected chi connectivity index (χ0v) is 10.1. The molecular weight excluding hydrogens is 198 g/mol. The minimum absolute atomic E-state index is 0.0937. The Morgan fingerprint density at radius 3 is 2.75 bits per heavy atom. The molecule has 1 atom stereocenters. The van der Waals surface area contributed by atoms with Crippen molar-refractivity contribution in [1.29, 1.82) is 0 Å². The Hall–Kier alpha value is -1.35. The summed E-state index contributed by atoms with van der Waals surface area (Å²) in [6.07, 6.45) is 1.88. The number of nitrogens with two attached hydrogens (primary N) is 1. The van der Waals surface area contributed by atoms with Crippen LogP contribution in [-0.2, 0) is 6.54 Å². The third-order valence-corrected chi connectivity index (χ3v) is 3.09. The fraction of sp³-hybridized carbons (Fsp3) is 0.462. The Labute approximate surface area is 96.3 Å². The van der Waals surface area contributed by atoms with Crippen LogP contribution < -0.4 is 5.73 Å². The molecule has 2 rings (SSSR count). The van der Waals surface area contributed by atoms with Gasteiger partial charge in [-0.3, -0.25) is 0 Å². The number of hydrogen-bond donors (Lipinski definition) is 1. The highest BCUT2D eigenvalue weighted by atomic mass is 15.0. The molecule has 16 heavy (non-hydrogen) atoms. The molecule has 3 heteroatoms. The quantitative estimate of drug-likeness (QED) is 0.859. The van der Waals surface area contributed by atoms with Crippen LogP contribution in [0.1, 0.15) is 32.4 Å². The normalized spacial score (nSPS) is 13.6. The highest BCUT2D eigenvalue weighted by Crippen LogP contribution is 2.22. The van der Waals surface area contributed by atoms with Gasteiger partial charge in [-0.05, 0) is 30.5 Å². The SMILES string of the molecule is CCn1cnc2cc(C(N)C(C)C)ccc21. The van der Waals surface area contributed by atoms with Crippen molar-refractivity contribution >= 4 is 11.0 Å². The molecule has 2 aromatic rings. The van der Waals surface area contributed by atoms with Gasteiger partial charge in [-0.1, -0.05) is 19.9 Å². The van der Waals surface area contributed by atoms with Gasteiger partial charge in [-0.25, -0.2) is 4.98 Å². The van der Waals surface area contributed by atoms with Crippen LogP contribution in [0.4, 0.5) is 0 Å². The van der Waals surface area contributed by atoms with Crippen molar-refractivity contribution in [3.63, 3.8) is 0 Å². The molecule has 0 aliphatic heterocycles. The molecule has 0 radical (unpaired) electrons. The van der Waals surface area contributed by atoms with Crippen molar-refractivity contribution in [2.45, 2.75) is 33.4 Å². The predicted octanol–water partition coefficient (Wildman–Crippen LogP) is 2.71. The Morgan fingerprint density at radius 1 is 1.38 bits per heavy atom. The van der Waals surface area contributed by atoms with Gasteiger partial charge in [-0.15, -0.1) is 0 Å². The summed E-state index contributed by atoms with van der Waals surface area (Å²) in [6, 6.07) is 6.42. The Morgan fingerprint density at radius 2 is 2.12 bits per heavy atom. The zero-order chi connectivity index (χ0) is 11.7. The van der Waals surface area contributed by atoms with Crippen LogP contribution in [0.25, 0.3) is 11.0 Å². The summed E-state index contributed by atoms with van der Waals surface area (Å²) in [4.78, 5) is 4.40. The van der Waals surface area contributed by atoms with Gasteiger partial charge in [-0.2, -0.15) is 0 Å². The van der Waals surface area contributed by atoms with Crippen molar-refractivity contribution < 1.29 is 0 Å². The molecule has 0 aliphatic carbocycles. The van der Waals surface area contributed by atoms with E-state index in [0.29, 0.717) is 5.92 Å². The van der Waals surface area contributed by atoms with E-state index in [0.717, 1.165) is 12.1 Å². The Bertz CT molecular complexity index is 485. The van der Waals surface area contributed by atoms with E-state index in [2.05, 4.69) is 48.5 Å². The van der Waals surface area contributed by atoms with E-state index in [1.54, 1.807) is 0 Å². The lowest BCUT2D eigenvalue weighted by Gasteiger charge is -2.15. The molecule has 2 N–H and O–H groups in total. The molecule has 0 amide bonds. The third-order valence-electron chi connectivity index (χ3n) is 3.09. The topological polar surface area (TPSA) is 43.8 Å². The minimum Gasteiger partial charge on any atom is -0.331 e. The van der Waals surface area contributed by atoms with E-state index < -0.39 is 0 Å². The lowest BCUT2D eigenvalue weighted by atomic mass is 9.97. The van der Waals surface area contributed by atoms with Crippen molar-refractivity contribution in [2.24, 2.45) is 11.7 Å². The summed E-state index contributed by atoms with van der Waals surface area (Å²) >= 11 is 0. The number of nitrogens with zero attached hydrogens (tertiary/aromatic N) is 2. The molecule has 0 bridgehead atoms. The first kappa shape index (κ1) is 11.1. The van der Waals surface area contributed by atoms with Gasteiger partial charge >= 0.3 is 0 Å². The number of imidazole rings is 1. The van der Waals surface area contributed by atoms with Crippen LogP contribution in [0.15, 0.2) is 24.5 Å². The van der Waals surface area contributed by atoms with Crippen LogP contribution in [0, 0.1) is 5.92 Å². The molecule has 0 spiro atoms. The average molecular weight is 217 g/mol. The van der Waals surface area contributed by atoms with Crippen molar-refractivity contribution in [2.75, 3.05) is 0 Å². The zero-order valence-electron chi connectivity index (χ0n) is 10.1. The van der Waals surface area contributed by atoms with Crippen LogP contribution in [0.5, 0.6) is 0 Å². The number of benzene rings is 1. The maximum atomic E-state index is 6.13. The highest BCUT2D eigenvalue weighted by molar-refractivity contribution is 5.76. The summed E-state index contributed by atoms with van der Waals surface area (Å²) < 4.78 is 2.14. The van der Waals surface area contributed by atoms with E-state index in [1.165, 1.54) is 11.1 Å². The summed E-state index contributed by atoms with van der Waals surface area (Å²) in [5.41, 5.74) is 9.52. The molecule has 1 heterocycles. The molecule has 1 aromatic carbocycles. The second-order valence-electron chi connectivity index (χ2n) is 4.55. The van der Waals surface area contributed by atoms with E-state index >= 15 is 0 Å². The van der Waals surface area contributed by atoms with Gasteiger partial charge < -0.3 is 10.3 Å². The van der Waals surface area contributed by atoms with Crippen molar-refractivity contribution in [3.8, 4) is 0 Å². The molecule has 0 fully saturated rings. The number of aromatic nitrogens is 2. The number of hydrogen-bond acceptors (Lipinski definition) is 2. The first-order valence-corrected chi connectivity index (χ1v) is 5.84. The van der Waals surface area contributed by atoms with E-state index in [9.17, 15) is 0 Å². The standard InChI is InChI=1S/C13H19N3/c1-4-16-8-15-11-7-10(5-6-12(11)16)13(14)9(2)3/h5-9,13H,4,14H2,1-3H3. The molecular formula is C13H19N3. The van der Waals surface area contributed by atoms with Gasteiger partial charge in [0.25, 0.3) is 0 Å². The summed E-state index contributed by atoms with van der Waals surface area (Å²) in [5.74, 6) is 0.450. The minimum atomic E-state index is 0.0937. The Kier molecular flexibility index (Phi) is 2.97. The largest absolute Gasteiger partial charge is 0.331 e. The maximum Gasteiger partial charge on any atom is 0.0958 e. The molecule has 1 unspecified atom stereocenters. The van der Waals surface area contributed by atoms with Crippen molar-refractivity contribution in [3.05, 3.63) is 30.1 Å². The maximum absolute atomic E-state index is 6.13.